The minimum atomic E-state index is -4.16. The van der Waals surface area contributed by atoms with Crippen LogP contribution in [0.3, 0.4) is 0 Å². The number of alkyl halides is 3. The SMILES string of the molecule is CN=C(NCCN(C)CC(F)(F)F)N1CCC(OCC2CCCO2)CC1.I. The van der Waals surface area contributed by atoms with Gasteiger partial charge in [0.2, 0.25) is 0 Å². The molecule has 0 aromatic carbocycles. The van der Waals surface area contributed by atoms with Gasteiger partial charge in [-0.05, 0) is 32.7 Å². The number of likely N-dealkylation sites (N-methyl/N-ethyl adjacent to an activating group) is 1. The average Bonchev–Trinajstić information content (AvgIpc) is 3.09. The van der Waals surface area contributed by atoms with E-state index >= 15 is 0 Å². The molecule has 2 saturated heterocycles. The Labute approximate surface area is 176 Å². The summed E-state index contributed by atoms with van der Waals surface area (Å²) in [6, 6.07) is 0. The minimum Gasteiger partial charge on any atom is -0.376 e. The summed E-state index contributed by atoms with van der Waals surface area (Å²) < 4.78 is 48.5. The highest BCUT2D eigenvalue weighted by atomic mass is 127. The Morgan fingerprint density at radius 1 is 1.30 bits per heavy atom. The van der Waals surface area contributed by atoms with Crippen LogP contribution in [-0.2, 0) is 9.47 Å². The molecule has 0 aromatic heterocycles. The Morgan fingerprint density at radius 2 is 2.00 bits per heavy atom. The Bertz CT molecular complexity index is 440. The van der Waals surface area contributed by atoms with Gasteiger partial charge in [-0.25, -0.2) is 0 Å². The van der Waals surface area contributed by atoms with Crippen LogP contribution in [0.2, 0.25) is 0 Å². The van der Waals surface area contributed by atoms with Gasteiger partial charge in [-0.2, -0.15) is 13.2 Å². The summed E-state index contributed by atoms with van der Waals surface area (Å²) in [5, 5.41) is 3.15. The van der Waals surface area contributed by atoms with Crippen molar-refractivity contribution in [3.63, 3.8) is 0 Å². The average molecular weight is 508 g/mol. The summed E-state index contributed by atoms with van der Waals surface area (Å²) in [5.41, 5.74) is 0. The van der Waals surface area contributed by atoms with Gasteiger partial charge in [0.15, 0.2) is 5.96 Å². The summed E-state index contributed by atoms with van der Waals surface area (Å²) in [4.78, 5) is 7.64. The lowest BCUT2D eigenvalue weighted by atomic mass is 10.1. The van der Waals surface area contributed by atoms with Crippen LogP contribution >= 0.6 is 24.0 Å². The fourth-order valence-electron chi connectivity index (χ4n) is 3.33. The molecule has 160 valence electrons. The summed E-state index contributed by atoms with van der Waals surface area (Å²) in [6.45, 7) is 2.99. The number of nitrogens with one attached hydrogen (secondary N) is 1. The summed E-state index contributed by atoms with van der Waals surface area (Å²) in [5.74, 6) is 0.739. The highest BCUT2D eigenvalue weighted by Gasteiger charge is 2.29. The quantitative estimate of drug-likeness (QED) is 0.325. The first-order chi connectivity index (χ1) is 12.4. The number of likely N-dealkylation sites (tertiary alicyclic amines) is 1. The van der Waals surface area contributed by atoms with E-state index in [9.17, 15) is 13.2 Å². The number of hydrogen-bond acceptors (Lipinski definition) is 4. The third-order valence-corrected chi connectivity index (χ3v) is 4.72. The second-order valence-corrected chi connectivity index (χ2v) is 6.98. The molecule has 2 heterocycles. The third kappa shape index (κ3) is 9.62. The molecule has 1 atom stereocenters. The largest absolute Gasteiger partial charge is 0.401 e. The van der Waals surface area contributed by atoms with Gasteiger partial charge in [0, 0.05) is 39.8 Å². The highest BCUT2D eigenvalue weighted by Crippen LogP contribution is 2.18. The molecule has 2 fully saturated rings. The number of halogens is 4. The van der Waals surface area contributed by atoms with E-state index in [1.54, 1.807) is 7.05 Å². The predicted molar refractivity (Wildman–Crippen MR) is 110 cm³/mol. The molecule has 2 aliphatic heterocycles. The van der Waals surface area contributed by atoms with Crippen LogP contribution in [0.15, 0.2) is 4.99 Å². The molecule has 1 N–H and O–H groups in total. The van der Waals surface area contributed by atoms with Crippen molar-refractivity contribution < 1.29 is 22.6 Å². The van der Waals surface area contributed by atoms with E-state index in [1.165, 1.54) is 11.9 Å². The molecule has 27 heavy (non-hydrogen) atoms. The lowest BCUT2D eigenvalue weighted by Gasteiger charge is -2.34. The Morgan fingerprint density at radius 3 is 2.56 bits per heavy atom. The molecule has 0 radical (unpaired) electrons. The van der Waals surface area contributed by atoms with Crippen LogP contribution in [0, 0.1) is 0 Å². The standard InChI is InChI=1S/C17H31F3N4O2.HI/c1-21-16(22-7-10-23(2)13-17(18,19)20)24-8-5-14(6-9-24)26-12-15-4-3-11-25-15;/h14-15H,3-13H2,1-2H3,(H,21,22);1H. The molecular formula is C17H32F3IN4O2. The van der Waals surface area contributed by atoms with Crippen LogP contribution in [-0.4, -0.2) is 94.2 Å². The van der Waals surface area contributed by atoms with Gasteiger partial charge in [-0.15, -0.1) is 24.0 Å². The fraction of sp³-hybridized carbons (Fsp3) is 0.941. The zero-order valence-corrected chi connectivity index (χ0v) is 18.5. The van der Waals surface area contributed by atoms with Crippen molar-refractivity contribution in [2.75, 3.05) is 60.0 Å². The number of rotatable bonds is 7. The van der Waals surface area contributed by atoms with E-state index in [1.807, 2.05) is 0 Å². The Kier molecular flexibility index (Phi) is 11.2. The number of ether oxygens (including phenoxy) is 2. The molecule has 0 spiro atoms. The topological polar surface area (TPSA) is 49.3 Å². The normalized spacial score (nSPS) is 22.2. The maximum Gasteiger partial charge on any atom is 0.401 e. The lowest BCUT2D eigenvalue weighted by molar-refractivity contribution is -0.142. The van der Waals surface area contributed by atoms with Crippen LogP contribution in [0.1, 0.15) is 25.7 Å². The van der Waals surface area contributed by atoms with Gasteiger partial charge >= 0.3 is 6.18 Å². The molecule has 0 bridgehead atoms. The molecule has 2 rings (SSSR count). The first-order valence-electron chi connectivity index (χ1n) is 9.31. The van der Waals surface area contributed by atoms with Crippen molar-refractivity contribution in [2.24, 2.45) is 4.99 Å². The van der Waals surface area contributed by atoms with Crippen LogP contribution in [0.4, 0.5) is 13.2 Å². The molecule has 0 aliphatic carbocycles. The molecule has 2 aliphatic rings. The number of nitrogens with zero attached hydrogens (tertiary/aromatic N) is 3. The second-order valence-electron chi connectivity index (χ2n) is 6.98. The van der Waals surface area contributed by atoms with Crippen molar-refractivity contribution in [3.8, 4) is 0 Å². The second kappa shape index (κ2) is 12.3. The van der Waals surface area contributed by atoms with E-state index in [0.717, 1.165) is 51.3 Å². The molecule has 0 amide bonds. The zero-order chi connectivity index (χ0) is 19.0. The van der Waals surface area contributed by atoms with Gasteiger partial charge in [0.25, 0.3) is 0 Å². The van der Waals surface area contributed by atoms with Crippen molar-refractivity contribution in [3.05, 3.63) is 0 Å². The summed E-state index contributed by atoms with van der Waals surface area (Å²) >= 11 is 0. The third-order valence-electron chi connectivity index (χ3n) is 4.72. The maximum atomic E-state index is 12.3. The Balaban J connectivity index is 0.00000364. The van der Waals surface area contributed by atoms with Crippen LogP contribution < -0.4 is 5.32 Å². The minimum absolute atomic E-state index is 0. The number of aliphatic imine (C=N–C) groups is 1. The van der Waals surface area contributed by atoms with Crippen molar-refractivity contribution >= 4 is 29.9 Å². The fourth-order valence-corrected chi connectivity index (χ4v) is 3.33. The van der Waals surface area contributed by atoms with Gasteiger partial charge in [0.05, 0.1) is 25.4 Å². The highest BCUT2D eigenvalue weighted by molar-refractivity contribution is 14.0. The molecule has 0 saturated carbocycles. The maximum absolute atomic E-state index is 12.3. The lowest BCUT2D eigenvalue weighted by Crippen LogP contribution is -2.48. The van der Waals surface area contributed by atoms with Crippen molar-refractivity contribution in [1.29, 1.82) is 0 Å². The van der Waals surface area contributed by atoms with Crippen LogP contribution in [0.25, 0.3) is 0 Å². The monoisotopic (exact) mass is 508 g/mol. The smallest absolute Gasteiger partial charge is 0.376 e. The van der Waals surface area contributed by atoms with Gasteiger partial charge in [0.1, 0.15) is 0 Å². The number of guanidine groups is 1. The van der Waals surface area contributed by atoms with E-state index in [2.05, 4.69) is 15.2 Å². The van der Waals surface area contributed by atoms with Gasteiger partial charge in [-0.3, -0.25) is 9.89 Å². The summed E-state index contributed by atoms with van der Waals surface area (Å²) in [6.07, 6.45) is 0.359. The van der Waals surface area contributed by atoms with Crippen LogP contribution in [0.5, 0.6) is 0 Å². The van der Waals surface area contributed by atoms with Gasteiger partial charge < -0.3 is 19.7 Å². The first-order valence-corrected chi connectivity index (χ1v) is 9.31. The van der Waals surface area contributed by atoms with Crippen molar-refractivity contribution in [2.45, 2.75) is 44.1 Å². The molecule has 1 unspecified atom stereocenters. The van der Waals surface area contributed by atoms with E-state index in [0.29, 0.717) is 19.7 Å². The van der Waals surface area contributed by atoms with E-state index in [-0.39, 0.29) is 36.2 Å². The van der Waals surface area contributed by atoms with Gasteiger partial charge in [-0.1, -0.05) is 0 Å². The van der Waals surface area contributed by atoms with Crippen molar-refractivity contribution in [1.82, 2.24) is 15.1 Å². The number of piperidine rings is 1. The molecular weight excluding hydrogens is 476 g/mol. The van der Waals surface area contributed by atoms with E-state index in [4.69, 9.17) is 9.47 Å². The molecule has 6 nitrogen and oxygen atoms in total. The zero-order valence-electron chi connectivity index (χ0n) is 16.1. The predicted octanol–water partition coefficient (Wildman–Crippen LogP) is 2.33. The summed E-state index contributed by atoms with van der Waals surface area (Å²) in [7, 11) is 3.16. The van der Waals surface area contributed by atoms with E-state index < -0.39 is 12.7 Å². The number of hydrogen-bond donors (Lipinski definition) is 1. The Hall–Kier alpha value is -0.330. The first kappa shape index (κ1) is 24.7. The molecule has 0 aromatic rings. The molecule has 10 heteroatoms.